The molecule has 2 aromatic rings. The first-order valence-corrected chi connectivity index (χ1v) is 4.88. The Hall–Kier alpha value is -1.93. The standard InChI is InChI=1S/C9H12N5O3/c1-5(2-15)17-4-14-3-11-6-7(14)12-9(10)13-8(6)16/h3,5,15H,1-2,4H2,(H3,10,12,13,16)/t5-/m0/s1. The molecular formula is C9H12N5O3. The molecule has 0 aliphatic carbocycles. The maximum Gasteiger partial charge on any atom is 0.280 e. The Morgan fingerprint density at radius 2 is 2.47 bits per heavy atom. The fourth-order valence-corrected chi connectivity index (χ4v) is 1.30. The third-order valence-electron chi connectivity index (χ3n) is 2.15. The molecule has 2 rings (SSSR count). The molecule has 8 nitrogen and oxygen atoms in total. The molecule has 0 amide bonds. The maximum absolute atomic E-state index is 11.5. The zero-order valence-electron chi connectivity index (χ0n) is 8.96. The molecule has 0 aliphatic heterocycles. The first-order valence-electron chi connectivity index (χ1n) is 4.88. The van der Waals surface area contributed by atoms with Crippen molar-refractivity contribution in [3.05, 3.63) is 23.6 Å². The molecule has 8 heteroatoms. The van der Waals surface area contributed by atoms with E-state index in [9.17, 15) is 4.79 Å². The predicted molar refractivity (Wildman–Crippen MR) is 59.9 cm³/mol. The minimum Gasteiger partial charge on any atom is -0.394 e. The van der Waals surface area contributed by atoms with Gasteiger partial charge in [-0.25, -0.2) is 4.98 Å². The van der Waals surface area contributed by atoms with Crippen LogP contribution in [0.2, 0.25) is 0 Å². The van der Waals surface area contributed by atoms with E-state index in [4.69, 9.17) is 15.6 Å². The van der Waals surface area contributed by atoms with Gasteiger partial charge in [0.25, 0.3) is 5.56 Å². The van der Waals surface area contributed by atoms with Gasteiger partial charge >= 0.3 is 0 Å². The highest BCUT2D eigenvalue weighted by atomic mass is 16.5. The second-order valence-corrected chi connectivity index (χ2v) is 3.44. The second-order valence-electron chi connectivity index (χ2n) is 3.44. The SMILES string of the molecule is [CH2][C@@H](CO)OCn1cnc2c(=O)[nH]c(N)nc21. The highest BCUT2D eigenvalue weighted by molar-refractivity contribution is 5.70. The number of aliphatic hydroxyl groups is 1. The van der Waals surface area contributed by atoms with Crippen LogP contribution in [0.25, 0.3) is 11.2 Å². The largest absolute Gasteiger partial charge is 0.394 e. The van der Waals surface area contributed by atoms with Crippen molar-refractivity contribution in [1.29, 1.82) is 0 Å². The van der Waals surface area contributed by atoms with E-state index in [-0.39, 0.29) is 24.8 Å². The number of H-pyrrole nitrogens is 1. The van der Waals surface area contributed by atoms with Crippen LogP contribution in [-0.2, 0) is 11.5 Å². The molecule has 0 fully saturated rings. The van der Waals surface area contributed by atoms with Crippen LogP contribution in [0.3, 0.4) is 0 Å². The number of aromatic nitrogens is 4. The lowest BCUT2D eigenvalue weighted by molar-refractivity contribution is 0.00303. The van der Waals surface area contributed by atoms with Gasteiger partial charge in [-0.3, -0.25) is 14.3 Å². The van der Waals surface area contributed by atoms with Crippen LogP contribution in [0.1, 0.15) is 0 Å². The van der Waals surface area contributed by atoms with E-state index in [1.807, 2.05) is 0 Å². The number of ether oxygens (including phenoxy) is 1. The van der Waals surface area contributed by atoms with Gasteiger partial charge in [0.15, 0.2) is 11.2 Å². The topological polar surface area (TPSA) is 119 Å². The van der Waals surface area contributed by atoms with Gasteiger partial charge < -0.3 is 15.6 Å². The highest BCUT2D eigenvalue weighted by Crippen LogP contribution is 2.06. The Morgan fingerprint density at radius 1 is 1.71 bits per heavy atom. The fourth-order valence-electron chi connectivity index (χ4n) is 1.30. The molecule has 2 aromatic heterocycles. The number of nitrogen functional groups attached to an aromatic ring is 1. The van der Waals surface area contributed by atoms with Gasteiger partial charge in [0, 0.05) is 0 Å². The van der Waals surface area contributed by atoms with Gasteiger partial charge in [-0.2, -0.15) is 4.98 Å². The average molecular weight is 238 g/mol. The van der Waals surface area contributed by atoms with Crippen LogP contribution in [0.4, 0.5) is 5.95 Å². The van der Waals surface area contributed by atoms with E-state index < -0.39 is 11.7 Å². The summed E-state index contributed by atoms with van der Waals surface area (Å²) in [6.07, 6.45) is 0.864. The minimum atomic E-state index is -0.549. The van der Waals surface area contributed by atoms with Crippen molar-refractivity contribution in [2.24, 2.45) is 0 Å². The number of hydrogen-bond donors (Lipinski definition) is 3. The molecule has 17 heavy (non-hydrogen) atoms. The van der Waals surface area contributed by atoms with Gasteiger partial charge in [0.05, 0.1) is 19.0 Å². The van der Waals surface area contributed by atoms with E-state index >= 15 is 0 Å². The van der Waals surface area contributed by atoms with Gasteiger partial charge in [-0.1, -0.05) is 0 Å². The number of imidazole rings is 1. The third kappa shape index (κ3) is 2.27. The van der Waals surface area contributed by atoms with Crippen molar-refractivity contribution in [1.82, 2.24) is 19.5 Å². The molecule has 0 saturated heterocycles. The zero-order chi connectivity index (χ0) is 12.4. The van der Waals surface area contributed by atoms with E-state index in [1.165, 1.54) is 10.9 Å². The molecule has 4 N–H and O–H groups in total. The van der Waals surface area contributed by atoms with Crippen molar-refractivity contribution in [3.8, 4) is 0 Å². The Labute approximate surface area is 96.1 Å². The highest BCUT2D eigenvalue weighted by Gasteiger charge is 2.09. The van der Waals surface area contributed by atoms with Crippen LogP contribution < -0.4 is 11.3 Å². The molecule has 91 valence electrons. The quantitative estimate of drug-likeness (QED) is 0.620. The Morgan fingerprint density at radius 3 is 3.18 bits per heavy atom. The molecule has 0 aromatic carbocycles. The number of nitrogens with zero attached hydrogens (tertiary/aromatic N) is 3. The molecule has 0 bridgehead atoms. The van der Waals surface area contributed by atoms with Crippen molar-refractivity contribution in [2.45, 2.75) is 12.8 Å². The summed E-state index contributed by atoms with van der Waals surface area (Å²) in [4.78, 5) is 21.7. The summed E-state index contributed by atoms with van der Waals surface area (Å²) in [6.45, 7) is 3.44. The first-order chi connectivity index (χ1) is 8.11. The van der Waals surface area contributed by atoms with E-state index in [0.29, 0.717) is 5.65 Å². The number of anilines is 1. The lowest BCUT2D eigenvalue weighted by Crippen LogP contribution is -2.17. The van der Waals surface area contributed by atoms with Crippen molar-refractivity contribution >= 4 is 17.1 Å². The lowest BCUT2D eigenvalue weighted by atomic mass is 10.4. The number of nitrogens with one attached hydrogen (secondary N) is 1. The Kier molecular flexibility index (Phi) is 3.07. The van der Waals surface area contributed by atoms with Crippen LogP contribution in [0.15, 0.2) is 11.1 Å². The molecular weight excluding hydrogens is 226 g/mol. The fraction of sp³-hybridized carbons (Fsp3) is 0.333. The molecule has 0 saturated carbocycles. The molecule has 1 atom stereocenters. The zero-order valence-corrected chi connectivity index (χ0v) is 8.96. The van der Waals surface area contributed by atoms with Crippen LogP contribution in [0, 0.1) is 6.92 Å². The monoisotopic (exact) mass is 238 g/mol. The minimum absolute atomic E-state index is 0.0116. The summed E-state index contributed by atoms with van der Waals surface area (Å²) < 4.78 is 6.70. The van der Waals surface area contributed by atoms with Gasteiger partial charge in [-0.05, 0) is 6.92 Å². The second kappa shape index (κ2) is 4.52. The average Bonchev–Trinajstić information content (AvgIpc) is 2.69. The number of hydrogen-bond acceptors (Lipinski definition) is 6. The summed E-state index contributed by atoms with van der Waals surface area (Å²) in [6, 6.07) is 0. The number of rotatable bonds is 4. The summed E-state index contributed by atoms with van der Waals surface area (Å²) in [5.74, 6) is 0.0116. The lowest BCUT2D eigenvalue weighted by Gasteiger charge is -2.10. The van der Waals surface area contributed by atoms with Gasteiger partial charge in [0.1, 0.15) is 6.73 Å². The number of fused-ring (bicyclic) bond motifs is 1. The Bertz CT molecular complexity index is 576. The summed E-state index contributed by atoms with van der Waals surface area (Å²) >= 11 is 0. The van der Waals surface area contributed by atoms with Crippen molar-refractivity contribution in [3.63, 3.8) is 0 Å². The molecule has 0 aliphatic rings. The van der Waals surface area contributed by atoms with E-state index in [1.54, 1.807) is 0 Å². The smallest absolute Gasteiger partial charge is 0.280 e. The number of aromatic amines is 1. The van der Waals surface area contributed by atoms with Crippen molar-refractivity contribution in [2.75, 3.05) is 12.3 Å². The van der Waals surface area contributed by atoms with Crippen LogP contribution in [-0.4, -0.2) is 37.3 Å². The van der Waals surface area contributed by atoms with Gasteiger partial charge in [-0.15, -0.1) is 0 Å². The molecule has 0 spiro atoms. The predicted octanol–water partition coefficient (Wildman–Crippen LogP) is -1.13. The van der Waals surface area contributed by atoms with E-state index in [0.717, 1.165) is 0 Å². The molecule has 0 unspecified atom stereocenters. The first kappa shape index (κ1) is 11.6. The van der Waals surface area contributed by atoms with Crippen LogP contribution >= 0.6 is 0 Å². The number of aliphatic hydroxyl groups excluding tert-OH is 1. The summed E-state index contributed by atoms with van der Waals surface area (Å²) in [7, 11) is 0. The van der Waals surface area contributed by atoms with Crippen molar-refractivity contribution < 1.29 is 9.84 Å². The van der Waals surface area contributed by atoms with Crippen LogP contribution in [0.5, 0.6) is 0 Å². The molecule has 1 radical (unpaired) electrons. The summed E-state index contributed by atoms with van der Waals surface area (Å²) in [5.41, 5.74) is 5.55. The third-order valence-corrected chi connectivity index (χ3v) is 2.15. The maximum atomic E-state index is 11.5. The molecule has 2 heterocycles. The Balaban J connectivity index is 2.33. The number of nitrogens with two attached hydrogens (primary N) is 1. The van der Waals surface area contributed by atoms with Gasteiger partial charge in [0.2, 0.25) is 5.95 Å². The van der Waals surface area contributed by atoms with E-state index in [2.05, 4.69) is 21.9 Å². The normalized spacial score (nSPS) is 13.1. The summed E-state index contributed by atoms with van der Waals surface area (Å²) in [5, 5.41) is 8.76.